The van der Waals surface area contributed by atoms with E-state index in [0.29, 0.717) is 5.69 Å². The van der Waals surface area contributed by atoms with Gasteiger partial charge in [-0.05, 0) is 48.5 Å². The van der Waals surface area contributed by atoms with Gasteiger partial charge in [0.05, 0.1) is 5.92 Å². The summed E-state index contributed by atoms with van der Waals surface area (Å²) in [6, 6.07) is 9.56. The number of nitrogens with one attached hydrogen (secondary N) is 1. The van der Waals surface area contributed by atoms with Crippen molar-refractivity contribution in [3.05, 3.63) is 65.8 Å². The van der Waals surface area contributed by atoms with E-state index in [1.165, 1.54) is 29.2 Å². The Morgan fingerprint density at radius 1 is 1.09 bits per heavy atom. The Labute approximate surface area is 177 Å². The van der Waals surface area contributed by atoms with Gasteiger partial charge in [0.15, 0.2) is 0 Å². The lowest BCUT2D eigenvalue weighted by Crippen LogP contribution is -2.24. The number of aromatic nitrogens is 2. The van der Waals surface area contributed by atoms with Crippen molar-refractivity contribution < 1.29 is 36.3 Å². The Morgan fingerprint density at radius 3 is 2.44 bits per heavy atom. The minimum atomic E-state index is -4.81. The van der Waals surface area contributed by atoms with E-state index in [2.05, 4.69) is 20.3 Å². The summed E-state index contributed by atoms with van der Waals surface area (Å²) in [5.41, 5.74) is 0.572. The lowest BCUT2D eigenvalue weighted by atomic mass is 10.1. The molecule has 0 unspecified atom stereocenters. The molecule has 0 saturated carbocycles. The van der Waals surface area contributed by atoms with Gasteiger partial charge in [-0.2, -0.15) is 0 Å². The van der Waals surface area contributed by atoms with Crippen molar-refractivity contribution in [1.29, 1.82) is 0 Å². The molecule has 3 aromatic rings. The molecule has 1 N–H and O–H groups in total. The van der Waals surface area contributed by atoms with Gasteiger partial charge in [-0.25, -0.2) is 4.39 Å². The molecule has 1 saturated heterocycles. The molecule has 1 aliphatic heterocycles. The quantitative estimate of drug-likeness (QED) is 0.593. The first-order chi connectivity index (χ1) is 15.2. The number of amides is 2. The molecule has 0 spiro atoms. The summed E-state index contributed by atoms with van der Waals surface area (Å²) in [5, 5.41) is 9.99. The van der Waals surface area contributed by atoms with Crippen molar-refractivity contribution in [3.8, 4) is 5.75 Å². The Kier molecular flexibility index (Phi) is 5.51. The van der Waals surface area contributed by atoms with Gasteiger partial charge >= 0.3 is 12.4 Å². The van der Waals surface area contributed by atoms with Gasteiger partial charge in [-0.3, -0.25) is 14.9 Å². The fourth-order valence-corrected chi connectivity index (χ4v) is 3.17. The zero-order valence-corrected chi connectivity index (χ0v) is 16.1. The van der Waals surface area contributed by atoms with Gasteiger partial charge in [0.1, 0.15) is 11.6 Å². The van der Waals surface area contributed by atoms with Crippen LogP contribution in [0.3, 0.4) is 0 Å². The highest BCUT2D eigenvalue weighted by Crippen LogP contribution is 2.33. The third-order valence-corrected chi connectivity index (χ3v) is 4.62. The van der Waals surface area contributed by atoms with Crippen LogP contribution in [0.2, 0.25) is 0 Å². The van der Waals surface area contributed by atoms with E-state index >= 15 is 0 Å². The zero-order valence-electron chi connectivity index (χ0n) is 16.1. The zero-order chi connectivity index (χ0) is 22.9. The second-order valence-electron chi connectivity index (χ2n) is 6.85. The highest BCUT2D eigenvalue weighted by atomic mass is 19.4. The lowest BCUT2D eigenvalue weighted by molar-refractivity contribution is -0.274. The second-order valence-corrected chi connectivity index (χ2v) is 6.85. The number of hydrogen-bond donors (Lipinski definition) is 1. The molecule has 1 fully saturated rings. The first-order valence-electron chi connectivity index (χ1n) is 9.24. The summed E-state index contributed by atoms with van der Waals surface area (Å²) >= 11 is 0. The number of hydrogen-bond acceptors (Lipinski definition) is 6. The third kappa shape index (κ3) is 4.85. The van der Waals surface area contributed by atoms with Crippen LogP contribution in [0, 0.1) is 5.82 Å². The topological polar surface area (TPSA) is 97.6 Å². The van der Waals surface area contributed by atoms with E-state index in [4.69, 9.17) is 4.42 Å². The smallest absolute Gasteiger partial charge is 0.407 e. The van der Waals surface area contributed by atoms with Crippen LogP contribution in [0.15, 0.2) is 52.9 Å². The van der Waals surface area contributed by atoms with Crippen LogP contribution in [-0.4, -0.2) is 34.9 Å². The van der Waals surface area contributed by atoms with E-state index < -0.39 is 29.8 Å². The number of carbonyl (C=O) groups is 2. The number of carbonyl (C=O) groups excluding carboxylic acids is 2. The molecule has 4 rings (SSSR count). The molecular formula is C20H14F4N4O4. The number of rotatable bonds is 5. The number of nitrogens with zero attached hydrogens (tertiary/aromatic N) is 3. The summed E-state index contributed by atoms with van der Waals surface area (Å²) in [5.74, 6) is -2.10. The molecule has 2 aromatic carbocycles. The van der Waals surface area contributed by atoms with Crippen LogP contribution in [-0.2, 0) is 4.79 Å². The van der Waals surface area contributed by atoms with E-state index in [9.17, 15) is 27.2 Å². The number of anilines is 2. The standard InChI is InChI=1S/C20H14F4N4O4/c21-13-3-1-11(2-4-13)17(30)25-19-27-26-18(31-19)12-9-16(29)28(10-12)14-5-7-15(8-6-14)32-20(22,23)24/h1-8,12H,9-10H2,(H,25,27,30)/t12-/m0/s1. The molecule has 0 aliphatic carbocycles. The molecule has 32 heavy (non-hydrogen) atoms. The molecule has 2 amide bonds. The van der Waals surface area contributed by atoms with E-state index in [1.54, 1.807) is 0 Å². The molecular weight excluding hydrogens is 436 g/mol. The van der Waals surface area contributed by atoms with Crippen LogP contribution >= 0.6 is 0 Å². The fourth-order valence-electron chi connectivity index (χ4n) is 3.17. The predicted molar refractivity (Wildman–Crippen MR) is 101 cm³/mol. The maximum atomic E-state index is 13.0. The van der Waals surface area contributed by atoms with Crippen molar-refractivity contribution in [1.82, 2.24) is 10.2 Å². The molecule has 2 heterocycles. The predicted octanol–water partition coefficient (Wildman–Crippen LogP) is 3.88. The summed E-state index contributed by atoms with van der Waals surface area (Å²) in [6.07, 6.45) is -4.77. The monoisotopic (exact) mass is 450 g/mol. The Morgan fingerprint density at radius 2 is 1.78 bits per heavy atom. The van der Waals surface area contributed by atoms with Crippen LogP contribution in [0.5, 0.6) is 5.75 Å². The summed E-state index contributed by atoms with van der Waals surface area (Å²) in [7, 11) is 0. The molecule has 8 nitrogen and oxygen atoms in total. The molecule has 1 aliphatic rings. The fraction of sp³-hybridized carbons (Fsp3) is 0.200. The molecule has 1 aromatic heterocycles. The van der Waals surface area contributed by atoms with Crippen molar-refractivity contribution in [2.24, 2.45) is 0 Å². The van der Waals surface area contributed by atoms with E-state index in [0.717, 1.165) is 24.3 Å². The minimum Gasteiger partial charge on any atom is -0.407 e. The number of alkyl halides is 3. The maximum Gasteiger partial charge on any atom is 0.573 e. The van der Waals surface area contributed by atoms with Gasteiger partial charge in [-0.15, -0.1) is 18.3 Å². The average molecular weight is 450 g/mol. The summed E-state index contributed by atoms with van der Waals surface area (Å²) < 4.78 is 59.1. The van der Waals surface area contributed by atoms with Crippen molar-refractivity contribution >= 4 is 23.5 Å². The normalized spacial score (nSPS) is 16.3. The highest BCUT2D eigenvalue weighted by Gasteiger charge is 2.35. The highest BCUT2D eigenvalue weighted by molar-refractivity contribution is 6.03. The summed E-state index contributed by atoms with van der Waals surface area (Å²) in [6.45, 7) is 0.159. The molecule has 0 radical (unpaired) electrons. The van der Waals surface area contributed by atoms with E-state index in [1.807, 2.05) is 0 Å². The number of ether oxygens (including phenoxy) is 1. The van der Waals surface area contributed by atoms with Crippen molar-refractivity contribution in [2.45, 2.75) is 18.7 Å². The number of halogens is 4. The van der Waals surface area contributed by atoms with Gasteiger partial charge in [0, 0.05) is 24.2 Å². The lowest BCUT2D eigenvalue weighted by Gasteiger charge is -2.17. The van der Waals surface area contributed by atoms with E-state index in [-0.39, 0.29) is 36.3 Å². The maximum absolute atomic E-state index is 13.0. The van der Waals surface area contributed by atoms with Crippen LogP contribution in [0.4, 0.5) is 29.3 Å². The van der Waals surface area contributed by atoms with Gasteiger partial charge in [0.25, 0.3) is 5.91 Å². The SMILES string of the molecule is O=C(Nc1nnc([C@H]2CC(=O)N(c3ccc(OC(F)(F)F)cc3)C2)o1)c1ccc(F)cc1. The van der Waals surface area contributed by atoms with Crippen molar-refractivity contribution in [3.63, 3.8) is 0 Å². The molecule has 166 valence electrons. The molecule has 1 atom stereocenters. The number of benzene rings is 2. The first kappa shape index (κ1) is 21.3. The summed E-state index contributed by atoms with van der Waals surface area (Å²) in [4.78, 5) is 25.9. The second kappa shape index (κ2) is 8.29. The third-order valence-electron chi connectivity index (χ3n) is 4.62. The van der Waals surface area contributed by atoms with Crippen LogP contribution in [0.1, 0.15) is 28.6 Å². The van der Waals surface area contributed by atoms with Crippen LogP contribution < -0.4 is 15.0 Å². The first-order valence-corrected chi connectivity index (χ1v) is 9.24. The molecule has 12 heteroatoms. The average Bonchev–Trinajstić information content (AvgIpc) is 3.34. The van der Waals surface area contributed by atoms with Gasteiger partial charge in [0.2, 0.25) is 11.8 Å². The van der Waals surface area contributed by atoms with Gasteiger partial charge in [-0.1, -0.05) is 5.10 Å². The Bertz CT molecular complexity index is 1130. The Balaban J connectivity index is 1.40. The molecule has 0 bridgehead atoms. The largest absolute Gasteiger partial charge is 0.573 e. The van der Waals surface area contributed by atoms with Crippen LogP contribution in [0.25, 0.3) is 0 Å². The van der Waals surface area contributed by atoms with Crippen molar-refractivity contribution in [2.75, 3.05) is 16.8 Å². The Hall–Kier alpha value is -3.96. The van der Waals surface area contributed by atoms with Gasteiger partial charge < -0.3 is 14.1 Å². The minimum absolute atomic E-state index is 0.0361.